The van der Waals surface area contributed by atoms with Crippen molar-refractivity contribution in [1.82, 2.24) is 9.97 Å². The number of anilines is 2. The highest BCUT2D eigenvalue weighted by molar-refractivity contribution is 5.68. The fraction of sp³-hybridized carbons (Fsp3) is 0.154. The van der Waals surface area contributed by atoms with E-state index in [-0.39, 0.29) is 6.10 Å². The molecule has 0 radical (unpaired) electrons. The third-order valence-electron chi connectivity index (χ3n) is 2.86. The van der Waals surface area contributed by atoms with Gasteiger partial charge in [-0.1, -0.05) is 0 Å². The van der Waals surface area contributed by atoms with E-state index in [4.69, 9.17) is 4.74 Å². The first-order chi connectivity index (χ1) is 9.36. The Labute approximate surface area is 109 Å². The van der Waals surface area contributed by atoms with Crippen molar-refractivity contribution >= 4 is 18.0 Å². The topological polar surface area (TPSA) is 76.1 Å². The molecule has 1 amide bonds. The number of pyridine rings is 2. The molecule has 1 aliphatic heterocycles. The minimum absolute atomic E-state index is 0.132. The number of hydrogen-bond acceptors (Lipinski definition) is 5. The molecule has 3 heterocycles. The molecular weight excluding hydrogens is 244 g/mol. The zero-order chi connectivity index (χ0) is 13.1. The Morgan fingerprint density at radius 3 is 3.21 bits per heavy atom. The van der Waals surface area contributed by atoms with Crippen molar-refractivity contribution < 1.29 is 9.53 Å². The number of nitrogens with zero attached hydrogens (tertiary/aromatic N) is 2. The molecule has 0 aromatic carbocycles. The predicted octanol–water partition coefficient (Wildman–Crippen LogP) is 1.59. The van der Waals surface area contributed by atoms with Gasteiger partial charge in [0.1, 0.15) is 11.9 Å². The van der Waals surface area contributed by atoms with Gasteiger partial charge >= 0.3 is 0 Å². The molecule has 0 bridgehead atoms. The van der Waals surface area contributed by atoms with Gasteiger partial charge in [-0.15, -0.1) is 0 Å². The van der Waals surface area contributed by atoms with Crippen LogP contribution >= 0.6 is 0 Å². The average Bonchev–Trinajstić information content (AvgIpc) is 2.47. The van der Waals surface area contributed by atoms with Crippen LogP contribution in [-0.2, 0) is 4.79 Å². The summed E-state index contributed by atoms with van der Waals surface area (Å²) in [4.78, 5) is 18.6. The summed E-state index contributed by atoms with van der Waals surface area (Å²) in [5, 5.41) is 5.74. The lowest BCUT2D eigenvalue weighted by Crippen LogP contribution is -2.24. The van der Waals surface area contributed by atoms with E-state index in [0.29, 0.717) is 18.8 Å². The van der Waals surface area contributed by atoms with Gasteiger partial charge in [0.15, 0.2) is 11.6 Å². The maximum absolute atomic E-state index is 10.4. The number of rotatable bonds is 3. The lowest BCUT2D eigenvalue weighted by Gasteiger charge is -2.26. The summed E-state index contributed by atoms with van der Waals surface area (Å²) in [6.45, 7) is 0.620. The molecule has 0 aliphatic carbocycles. The average molecular weight is 256 g/mol. The molecule has 2 aromatic rings. The highest BCUT2D eigenvalue weighted by atomic mass is 16.5. The normalized spacial score (nSPS) is 16.7. The second-order valence-corrected chi connectivity index (χ2v) is 4.07. The van der Waals surface area contributed by atoms with Crippen LogP contribution in [0.4, 0.5) is 11.6 Å². The van der Waals surface area contributed by atoms with E-state index in [1.165, 1.54) is 0 Å². The Bertz CT molecular complexity index is 603. The fourth-order valence-electron chi connectivity index (χ4n) is 1.98. The van der Waals surface area contributed by atoms with Gasteiger partial charge < -0.3 is 15.4 Å². The Kier molecular flexibility index (Phi) is 2.97. The van der Waals surface area contributed by atoms with Gasteiger partial charge in [-0.2, -0.15) is 0 Å². The molecule has 3 rings (SSSR count). The zero-order valence-corrected chi connectivity index (χ0v) is 10.0. The number of fused-ring (bicyclic) bond motifs is 1. The van der Waals surface area contributed by atoms with Gasteiger partial charge in [0.25, 0.3) is 0 Å². The largest absolute Gasteiger partial charge is 0.480 e. The Balaban J connectivity index is 1.84. The van der Waals surface area contributed by atoms with Crippen molar-refractivity contribution in [2.45, 2.75) is 6.10 Å². The minimum Gasteiger partial charge on any atom is -0.480 e. The molecular formula is C13H12N4O2. The summed E-state index contributed by atoms with van der Waals surface area (Å²) in [5.41, 5.74) is 0.946. The van der Waals surface area contributed by atoms with Gasteiger partial charge in [0.05, 0.1) is 6.54 Å². The standard InChI is InChI=1S/C13H12N4O2/c18-8-17-12-6-9(3-5-14-12)11-7-16-13-10(19-11)2-1-4-15-13/h1-6,8,11H,7H2,(H,15,16)(H,14,17,18). The smallest absolute Gasteiger partial charge is 0.212 e. The number of carbonyl (C=O) groups is 1. The monoisotopic (exact) mass is 256 g/mol. The summed E-state index contributed by atoms with van der Waals surface area (Å²) in [7, 11) is 0. The quantitative estimate of drug-likeness (QED) is 0.815. The summed E-state index contributed by atoms with van der Waals surface area (Å²) >= 11 is 0. The van der Waals surface area contributed by atoms with E-state index in [0.717, 1.165) is 17.1 Å². The van der Waals surface area contributed by atoms with Crippen LogP contribution in [0, 0.1) is 0 Å². The Hall–Kier alpha value is -2.63. The maximum Gasteiger partial charge on any atom is 0.212 e. The molecule has 2 aromatic heterocycles. The first kappa shape index (κ1) is 11.5. The molecule has 19 heavy (non-hydrogen) atoms. The number of amides is 1. The highest BCUT2D eigenvalue weighted by Gasteiger charge is 2.21. The molecule has 1 aliphatic rings. The van der Waals surface area contributed by atoms with Gasteiger partial charge in [0, 0.05) is 12.4 Å². The van der Waals surface area contributed by atoms with Crippen LogP contribution in [0.5, 0.6) is 5.75 Å². The number of nitrogens with one attached hydrogen (secondary N) is 2. The predicted molar refractivity (Wildman–Crippen MR) is 70.0 cm³/mol. The van der Waals surface area contributed by atoms with Crippen LogP contribution in [-0.4, -0.2) is 22.9 Å². The third-order valence-corrected chi connectivity index (χ3v) is 2.86. The van der Waals surface area contributed by atoms with Crippen LogP contribution in [0.2, 0.25) is 0 Å². The van der Waals surface area contributed by atoms with E-state index in [2.05, 4.69) is 20.6 Å². The second kappa shape index (κ2) is 4.93. The fourth-order valence-corrected chi connectivity index (χ4v) is 1.98. The molecule has 1 unspecified atom stereocenters. The number of ether oxygens (including phenoxy) is 1. The summed E-state index contributed by atoms with van der Waals surface area (Å²) < 4.78 is 5.88. The Morgan fingerprint density at radius 2 is 2.32 bits per heavy atom. The number of carbonyl (C=O) groups excluding carboxylic acids is 1. The van der Waals surface area contributed by atoms with Crippen LogP contribution in [0.15, 0.2) is 36.7 Å². The maximum atomic E-state index is 10.4. The van der Waals surface area contributed by atoms with E-state index in [1.54, 1.807) is 18.5 Å². The Morgan fingerprint density at radius 1 is 1.37 bits per heavy atom. The number of hydrogen-bond donors (Lipinski definition) is 2. The van der Waals surface area contributed by atoms with Crippen molar-refractivity contribution in [2.24, 2.45) is 0 Å². The van der Waals surface area contributed by atoms with E-state index >= 15 is 0 Å². The van der Waals surface area contributed by atoms with Crippen molar-refractivity contribution in [3.63, 3.8) is 0 Å². The van der Waals surface area contributed by atoms with Crippen LogP contribution < -0.4 is 15.4 Å². The molecule has 96 valence electrons. The van der Waals surface area contributed by atoms with Gasteiger partial charge in [-0.25, -0.2) is 9.97 Å². The second-order valence-electron chi connectivity index (χ2n) is 4.07. The molecule has 0 spiro atoms. The molecule has 1 atom stereocenters. The minimum atomic E-state index is -0.132. The zero-order valence-electron chi connectivity index (χ0n) is 10.0. The van der Waals surface area contributed by atoms with Crippen LogP contribution in [0.3, 0.4) is 0 Å². The van der Waals surface area contributed by atoms with Crippen molar-refractivity contribution in [3.8, 4) is 5.75 Å². The highest BCUT2D eigenvalue weighted by Crippen LogP contribution is 2.32. The van der Waals surface area contributed by atoms with Crippen molar-refractivity contribution in [2.75, 3.05) is 17.2 Å². The molecule has 2 N–H and O–H groups in total. The van der Waals surface area contributed by atoms with Crippen molar-refractivity contribution in [1.29, 1.82) is 0 Å². The molecule has 6 heteroatoms. The summed E-state index contributed by atoms with van der Waals surface area (Å²) in [6.07, 6.45) is 3.83. The SMILES string of the molecule is O=CNc1cc(C2CNc3ncccc3O2)ccn1. The molecule has 0 fully saturated rings. The van der Waals surface area contributed by atoms with Crippen LogP contribution in [0.25, 0.3) is 0 Å². The van der Waals surface area contributed by atoms with E-state index in [1.807, 2.05) is 18.2 Å². The molecule has 0 saturated carbocycles. The first-order valence-electron chi connectivity index (χ1n) is 5.88. The lowest BCUT2D eigenvalue weighted by molar-refractivity contribution is -0.105. The van der Waals surface area contributed by atoms with Gasteiger partial charge in [-0.05, 0) is 29.8 Å². The van der Waals surface area contributed by atoms with Crippen LogP contribution in [0.1, 0.15) is 11.7 Å². The molecule has 0 saturated heterocycles. The lowest BCUT2D eigenvalue weighted by atomic mass is 10.1. The number of aromatic nitrogens is 2. The third kappa shape index (κ3) is 2.33. The van der Waals surface area contributed by atoms with E-state index < -0.39 is 0 Å². The van der Waals surface area contributed by atoms with E-state index in [9.17, 15) is 4.79 Å². The first-order valence-corrected chi connectivity index (χ1v) is 5.88. The summed E-state index contributed by atoms with van der Waals surface area (Å²) in [5.74, 6) is 1.98. The summed E-state index contributed by atoms with van der Waals surface area (Å²) in [6, 6.07) is 7.36. The van der Waals surface area contributed by atoms with Gasteiger partial charge in [0.2, 0.25) is 6.41 Å². The van der Waals surface area contributed by atoms with Gasteiger partial charge in [-0.3, -0.25) is 4.79 Å². The van der Waals surface area contributed by atoms with Crippen molar-refractivity contribution in [3.05, 3.63) is 42.2 Å². The molecule has 6 nitrogen and oxygen atoms in total.